The molecular formula is C14H17NO2. The van der Waals surface area contributed by atoms with Crippen molar-refractivity contribution in [2.24, 2.45) is 5.92 Å². The van der Waals surface area contributed by atoms with E-state index in [-0.39, 0.29) is 16.8 Å². The van der Waals surface area contributed by atoms with Gasteiger partial charge < -0.3 is 0 Å². The highest BCUT2D eigenvalue weighted by molar-refractivity contribution is 5.26. The van der Waals surface area contributed by atoms with Gasteiger partial charge in [-0.25, -0.2) is 0 Å². The van der Waals surface area contributed by atoms with Crippen molar-refractivity contribution in [1.82, 2.24) is 0 Å². The molecule has 2 rings (SSSR count). The number of benzene rings is 1. The van der Waals surface area contributed by atoms with E-state index in [1.165, 1.54) is 0 Å². The fraction of sp³-hybridized carbons (Fsp3) is 0.429. The van der Waals surface area contributed by atoms with Gasteiger partial charge in [-0.15, -0.1) is 0 Å². The van der Waals surface area contributed by atoms with E-state index in [4.69, 9.17) is 0 Å². The Morgan fingerprint density at radius 3 is 2.53 bits per heavy atom. The van der Waals surface area contributed by atoms with Crippen LogP contribution < -0.4 is 0 Å². The Labute approximate surface area is 101 Å². The Morgan fingerprint density at radius 1 is 1.29 bits per heavy atom. The van der Waals surface area contributed by atoms with Gasteiger partial charge in [0.2, 0.25) is 6.04 Å². The van der Waals surface area contributed by atoms with Crippen LogP contribution >= 0.6 is 0 Å². The number of nitro groups is 1. The van der Waals surface area contributed by atoms with Crippen molar-refractivity contribution in [2.75, 3.05) is 0 Å². The zero-order chi connectivity index (χ0) is 12.4. The second kappa shape index (κ2) is 4.70. The summed E-state index contributed by atoms with van der Waals surface area (Å²) in [7, 11) is 0. The molecule has 0 bridgehead atoms. The molecule has 0 unspecified atom stereocenters. The highest BCUT2D eigenvalue weighted by Gasteiger charge is 2.40. The lowest BCUT2D eigenvalue weighted by atomic mass is 9.75. The van der Waals surface area contributed by atoms with Crippen molar-refractivity contribution >= 4 is 0 Å². The van der Waals surface area contributed by atoms with Gasteiger partial charge in [0.25, 0.3) is 0 Å². The number of allylic oxidation sites excluding steroid dienone is 1. The first kappa shape index (κ1) is 11.8. The fourth-order valence-corrected chi connectivity index (χ4v) is 2.62. The largest absolute Gasteiger partial charge is 0.264 e. The monoisotopic (exact) mass is 231 g/mol. The van der Waals surface area contributed by atoms with Crippen molar-refractivity contribution in [1.29, 1.82) is 0 Å². The van der Waals surface area contributed by atoms with Gasteiger partial charge in [0.1, 0.15) is 0 Å². The summed E-state index contributed by atoms with van der Waals surface area (Å²) in [6.45, 7) is 3.94. The summed E-state index contributed by atoms with van der Waals surface area (Å²) in [5.41, 5.74) is 2.21. The normalized spacial score (nSPS) is 28.6. The van der Waals surface area contributed by atoms with Gasteiger partial charge in [-0.05, 0) is 18.9 Å². The molecule has 0 N–H and O–H groups in total. The molecule has 0 aromatic heterocycles. The average Bonchev–Trinajstić information content (AvgIpc) is 2.33. The number of nitrogens with zero attached hydrogens (tertiary/aromatic N) is 1. The first-order chi connectivity index (χ1) is 8.11. The summed E-state index contributed by atoms with van der Waals surface area (Å²) in [5.74, 6) is 0.0221. The van der Waals surface area contributed by atoms with Crippen molar-refractivity contribution < 1.29 is 4.92 Å². The Kier molecular flexibility index (Phi) is 3.27. The van der Waals surface area contributed by atoms with E-state index in [9.17, 15) is 10.1 Å². The van der Waals surface area contributed by atoms with Crippen LogP contribution in [0.1, 0.15) is 31.7 Å². The van der Waals surface area contributed by atoms with Crippen LogP contribution in [0.4, 0.5) is 0 Å². The second-order valence-corrected chi connectivity index (χ2v) is 4.77. The molecule has 0 saturated heterocycles. The SMILES string of the molecule is CC1=CC[C@@H](c2ccccc2)[C@H]([N+](=O)[O-])[C@@H]1C. The van der Waals surface area contributed by atoms with Crippen LogP contribution in [0.3, 0.4) is 0 Å². The van der Waals surface area contributed by atoms with Crippen molar-refractivity contribution in [3.05, 3.63) is 57.7 Å². The maximum Gasteiger partial charge on any atom is 0.226 e. The van der Waals surface area contributed by atoms with Crippen LogP contribution in [0.2, 0.25) is 0 Å². The second-order valence-electron chi connectivity index (χ2n) is 4.77. The predicted molar refractivity (Wildman–Crippen MR) is 67.5 cm³/mol. The average molecular weight is 231 g/mol. The summed E-state index contributed by atoms with van der Waals surface area (Å²) in [6.07, 6.45) is 2.91. The third-order valence-electron chi connectivity index (χ3n) is 3.81. The van der Waals surface area contributed by atoms with Gasteiger partial charge in [-0.1, -0.05) is 48.9 Å². The standard InChI is InChI=1S/C14H17NO2/c1-10-8-9-13(12-6-4-3-5-7-12)14(11(10)2)15(16)17/h3-8,11,13-14H,9H2,1-2H3/t11-,13+,14-/m1/s1. The summed E-state index contributed by atoms with van der Waals surface area (Å²) in [6, 6.07) is 9.31. The van der Waals surface area contributed by atoms with Gasteiger partial charge in [0.05, 0.1) is 5.92 Å². The molecule has 3 nitrogen and oxygen atoms in total. The lowest BCUT2D eigenvalue weighted by Gasteiger charge is -2.29. The van der Waals surface area contributed by atoms with Crippen LogP contribution in [-0.2, 0) is 0 Å². The zero-order valence-corrected chi connectivity index (χ0v) is 10.2. The predicted octanol–water partition coefficient (Wildman–Crippen LogP) is 3.40. The molecule has 3 atom stereocenters. The number of rotatable bonds is 2. The highest BCUT2D eigenvalue weighted by Crippen LogP contribution is 2.37. The van der Waals surface area contributed by atoms with Crippen molar-refractivity contribution in [2.45, 2.75) is 32.2 Å². The van der Waals surface area contributed by atoms with Crippen LogP contribution in [0.25, 0.3) is 0 Å². The molecule has 0 fully saturated rings. The van der Waals surface area contributed by atoms with E-state index < -0.39 is 6.04 Å². The molecule has 17 heavy (non-hydrogen) atoms. The number of hydrogen-bond acceptors (Lipinski definition) is 2. The molecule has 0 aliphatic heterocycles. The van der Waals surface area contributed by atoms with E-state index in [1.807, 2.05) is 44.2 Å². The quantitative estimate of drug-likeness (QED) is 0.445. The molecule has 90 valence electrons. The third-order valence-corrected chi connectivity index (χ3v) is 3.81. The molecule has 3 heteroatoms. The molecule has 0 spiro atoms. The molecule has 0 saturated carbocycles. The molecular weight excluding hydrogens is 214 g/mol. The minimum absolute atomic E-state index is 0.00454. The number of hydrogen-bond donors (Lipinski definition) is 0. The maximum atomic E-state index is 11.3. The molecule has 1 aromatic rings. The molecule has 0 heterocycles. The zero-order valence-electron chi connectivity index (χ0n) is 10.2. The van der Waals surface area contributed by atoms with Gasteiger partial charge in [0.15, 0.2) is 0 Å². The van der Waals surface area contributed by atoms with Crippen LogP contribution in [0.5, 0.6) is 0 Å². The van der Waals surface area contributed by atoms with E-state index in [1.54, 1.807) is 0 Å². The van der Waals surface area contributed by atoms with Crippen LogP contribution in [-0.4, -0.2) is 11.0 Å². The molecule has 0 radical (unpaired) electrons. The first-order valence-electron chi connectivity index (χ1n) is 5.96. The van der Waals surface area contributed by atoms with Crippen molar-refractivity contribution in [3.63, 3.8) is 0 Å². The fourth-order valence-electron chi connectivity index (χ4n) is 2.62. The third kappa shape index (κ3) is 2.23. The van der Waals surface area contributed by atoms with Gasteiger partial charge in [0, 0.05) is 10.8 Å². The van der Waals surface area contributed by atoms with E-state index in [0.717, 1.165) is 17.6 Å². The van der Waals surface area contributed by atoms with Gasteiger partial charge in [-0.2, -0.15) is 0 Å². The highest BCUT2D eigenvalue weighted by atomic mass is 16.6. The Morgan fingerprint density at radius 2 is 1.94 bits per heavy atom. The van der Waals surface area contributed by atoms with E-state index in [0.29, 0.717) is 0 Å². The Hall–Kier alpha value is -1.64. The molecule has 1 aliphatic rings. The van der Waals surface area contributed by atoms with Crippen LogP contribution in [0, 0.1) is 16.0 Å². The topological polar surface area (TPSA) is 43.1 Å². The lowest BCUT2D eigenvalue weighted by molar-refractivity contribution is -0.534. The summed E-state index contributed by atoms with van der Waals surface area (Å²) < 4.78 is 0. The minimum Gasteiger partial charge on any atom is -0.264 e. The van der Waals surface area contributed by atoms with Crippen LogP contribution in [0.15, 0.2) is 42.0 Å². The molecule has 1 aliphatic carbocycles. The van der Waals surface area contributed by atoms with Crippen molar-refractivity contribution in [3.8, 4) is 0 Å². The van der Waals surface area contributed by atoms with E-state index >= 15 is 0 Å². The molecule has 1 aromatic carbocycles. The lowest BCUT2D eigenvalue weighted by Crippen LogP contribution is -2.36. The molecule has 0 amide bonds. The van der Waals surface area contributed by atoms with E-state index in [2.05, 4.69) is 6.08 Å². The Balaban J connectivity index is 2.37. The smallest absolute Gasteiger partial charge is 0.226 e. The summed E-state index contributed by atoms with van der Waals surface area (Å²) in [5, 5.41) is 11.3. The summed E-state index contributed by atoms with van der Waals surface area (Å²) in [4.78, 5) is 11.2. The minimum atomic E-state index is -0.498. The Bertz CT molecular complexity index is 439. The van der Waals surface area contributed by atoms with Gasteiger partial charge in [-0.3, -0.25) is 10.1 Å². The summed E-state index contributed by atoms with van der Waals surface area (Å²) >= 11 is 0. The van der Waals surface area contributed by atoms with Gasteiger partial charge >= 0.3 is 0 Å². The first-order valence-corrected chi connectivity index (χ1v) is 5.96. The maximum absolute atomic E-state index is 11.3.